The van der Waals surface area contributed by atoms with Crippen molar-refractivity contribution in [3.8, 4) is 0 Å². The summed E-state index contributed by atoms with van der Waals surface area (Å²) in [6.07, 6.45) is 5.57. The lowest BCUT2D eigenvalue weighted by Gasteiger charge is -2.17. The molecular weight excluding hydrogens is 363 g/mol. The number of hydrogen-bond donors (Lipinski definition) is 1. The molecule has 2 aromatic rings. The van der Waals surface area contributed by atoms with E-state index in [0.717, 1.165) is 55.6 Å². The van der Waals surface area contributed by atoms with Gasteiger partial charge in [-0.25, -0.2) is 4.39 Å². The van der Waals surface area contributed by atoms with Crippen LogP contribution in [0.3, 0.4) is 0 Å². The Balaban J connectivity index is 1.55. The molecule has 3 rings (SSSR count). The number of nitrogens with one attached hydrogen (secondary N) is 1. The molecule has 138 valence electrons. The Kier molecular flexibility index (Phi) is 5.82. The van der Waals surface area contributed by atoms with Crippen molar-refractivity contribution in [2.24, 2.45) is 0 Å². The van der Waals surface area contributed by atoms with Crippen LogP contribution in [0.2, 0.25) is 0 Å². The fourth-order valence-corrected chi connectivity index (χ4v) is 3.40. The summed E-state index contributed by atoms with van der Waals surface area (Å²) in [6.45, 7) is 0. The molecule has 0 aliphatic heterocycles. The van der Waals surface area contributed by atoms with Gasteiger partial charge in [-0.1, -0.05) is 31.0 Å². The minimum atomic E-state index is -0.744. The summed E-state index contributed by atoms with van der Waals surface area (Å²) in [5.74, 6) is -0.470. The van der Waals surface area contributed by atoms with Crippen LogP contribution in [-0.2, 0) is 4.79 Å². The molecule has 26 heavy (non-hydrogen) atoms. The number of carbonyl (C=O) groups is 1. The number of hydrogen-bond acceptors (Lipinski definition) is 7. The van der Waals surface area contributed by atoms with E-state index in [9.17, 15) is 19.3 Å². The molecule has 1 aliphatic carbocycles. The van der Waals surface area contributed by atoms with E-state index in [1.165, 1.54) is 6.42 Å². The number of non-ortho nitro benzene ring substituents is 1. The first-order valence-electron chi connectivity index (χ1n) is 8.23. The molecule has 0 atom stereocenters. The third-order valence-electron chi connectivity index (χ3n) is 4.14. The van der Waals surface area contributed by atoms with Crippen LogP contribution in [0, 0.1) is 15.9 Å². The molecule has 1 fully saturated rings. The van der Waals surface area contributed by atoms with Crippen LogP contribution in [-0.4, -0.2) is 26.8 Å². The van der Waals surface area contributed by atoms with E-state index in [-0.39, 0.29) is 28.3 Å². The van der Waals surface area contributed by atoms with Gasteiger partial charge in [-0.3, -0.25) is 14.9 Å². The molecule has 8 nitrogen and oxygen atoms in total. The smallest absolute Gasteiger partial charge is 0.277 e. The zero-order chi connectivity index (χ0) is 18.5. The van der Waals surface area contributed by atoms with Crippen LogP contribution in [0.5, 0.6) is 0 Å². The van der Waals surface area contributed by atoms with Gasteiger partial charge in [0.25, 0.3) is 10.9 Å². The van der Waals surface area contributed by atoms with E-state index >= 15 is 0 Å². The number of amides is 1. The number of halogens is 1. The molecule has 1 heterocycles. The number of benzene rings is 1. The van der Waals surface area contributed by atoms with Gasteiger partial charge >= 0.3 is 0 Å². The monoisotopic (exact) mass is 380 g/mol. The summed E-state index contributed by atoms with van der Waals surface area (Å²) in [7, 11) is 0. The number of aromatic nitrogens is 2. The highest BCUT2D eigenvalue weighted by Gasteiger charge is 2.22. The lowest BCUT2D eigenvalue weighted by molar-refractivity contribution is -0.384. The molecule has 1 aromatic heterocycles. The van der Waals surface area contributed by atoms with Crippen molar-refractivity contribution in [1.82, 2.24) is 10.2 Å². The van der Waals surface area contributed by atoms with E-state index in [1.54, 1.807) is 0 Å². The van der Waals surface area contributed by atoms with Gasteiger partial charge in [-0.15, -0.1) is 10.2 Å². The van der Waals surface area contributed by atoms with E-state index in [0.29, 0.717) is 5.89 Å². The quantitative estimate of drug-likeness (QED) is 0.459. The number of nitro benzene ring substituents is 1. The predicted molar refractivity (Wildman–Crippen MR) is 92.5 cm³/mol. The Morgan fingerprint density at radius 1 is 1.35 bits per heavy atom. The van der Waals surface area contributed by atoms with Crippen molar-refractivity contribution in [2.45, 2.75) is 43.2 Å². The first kappa shape index (κ1) is 18.3. The second-order valence-corrected chi connectivity index (χ2v) is 6.93. The van der Waals surface area contributed by atoms with E-state index in [4.69, 9.17) is 4.42 Å². The molecule has 10 heteroatoms. The fourth-order valence-electron chi connectivity index (χ4n) is 2.83. The number of thioether (sulfide) groups is 1. The summed E-state index contributed by atoms with van der Waals surface area (Å²) >= 11 is 1.04. The van der Waals surface area contributed by atoms with Crippen LogP contribution in [0.25, 0.3) is 0 Å². The molecule has 0 saturated heterocycles. The van der Waals surface area contributed by atoms with Gasteiger partial charge < -0.3 is 9.73 Å². The molecule has 1 aromatic carbocycles. The Morgan fingerprint density at radius 3 is 2.85 bits per heavy atom. The average molecular weight is 380 g/mol. The summed E-state index contributed by atoms with van der Waals surface area (Å²) < 4.78 is 19.3. The van der Waals surface area contributed by atoms with Gasteiger partial charge in [-0.05, 0) is 18.9 Å². The molecular formula is C16H17FN4O4S. The van der Waals surface area contributed by atoms with Gasteiger partial charge in [-0.2, -0.15) is 0 Å². The Hall–Kier alpha value is -2.49. The minimum absolute atomic E-state index is 0.0750. The van der Waals surface area contributed by atoms with Gasteiger partial charge in [0, 0.05) is 18.1 Å². The second-order valence-electron chi connectivity index (χ2n) is 6.00. The maximum atomic E-state index is 13.7. The number of rotatable bonds is 6. The summed E-state index contributed by atoms with van der Waals surface area (Å²) in [6, 6.07) is 2.95. The SMILES string of the molecule is O=C(CSc1nnc(C2CCCCC2)o1)Nc1cc([N+](=O)[O-])ccc1F. The van der Waals surface area contributed by atoms with Crippen molar-refractivity contribution in [3.05, 3.63) is 40.0 Å². The number of carbonyl (C=O) groups excluding carboxylic acids is 1. The van der Waals surface area contributed by atoms with Gasteiger partial charge in [0.1, 0.15) is 5.82 Å². The molecule has 0 unspecified atom stereocenters. The third-order valence-corrected chi connectivity index (χ3v) is 4.96. The first-order chi connectivity index (χ1) is 12.5. The Labute approximate surface area is 152 Å². The van der Waals surface area contributed by atoms with Gasteiger partial charge in [0.2, 0.25) is 11.8 Å². The van der Waals surface area contributed by atoms with E-state index in [1.807, 2.05) is 0 Å². The molecule has 1 amide bonds. The lowest BCUT2D eigenvalue weighted by atomic mass is 9.89. The van der Waals surface area contributed by atoms with Crippen LogP contribution < -0.4 is 5.32 Å². The number of nitrogens with zero attached hydrogens (tertiary/aromatic N) is 3. The fraction of sp³-hybridized carbons (Fsp3) is 0.438. The van der Waals surface area contributed by atoms with E-state index in [2.05, 4.69) is 15.5 Å². The van der Waals surface area contributed by atoms with Crippen molar-refractivity contribution in [1.29, 1.82) is 0 Å². The summed E-state index contributed by atoms with van der Waals surface area (Å²) in [5.41, 5.74) is -0.540. The van der Waals surface area contributed by atoms with Gasteiger partial charge in [0.15, 0.2) is 0 Å². The standard InChI is InChI=1S/C16H17FN4O4S/c17-12-7-6-11(21(23)24)8-13(12)18-14(22)9-26-16-20-19-15(25-16)10-4-2-1-3-5-10/h6-8,10H,1-5,9H2,(H,18,22). The molecule has 1 aliphatic rings. The van der Waals surface area contributed by atoms with Crippen molar-refractivity contribution in [2.75, 3.05) is 11.1 Å². The zero-order valence-corrected chi connectivity index (χ0v) is 14.6. The molecule has 0 bridgehead atoms. The molecule has 1 N–H and O–H groups in total. The minimum Gasteiger partial charge on any atom is -0.416 e. The highest BCUT2D eigenvalue weighted by atomic mass is 32.2. The Bertz CT molecular complexity index is 807. The molecule has 0 spiro atoms. The van der Waals surface area contributed by atoms with E-state index < -0.39 is 16.6 Å². The first-order valence-corrected chi connectivity index (χ1v) is 9.21. The number of nitro groups is 1. The molecule has 1 saturated carbocycles. The normalized spacial score (nSPS) is 15.0. The number of anilines is 1. The highest BCUT2D eigenvalue weighted by Crippen LogP contribution is 2.33. The topological polar surface area (TPSA) is 111 Å². The van der Waals surface area contributed by atoms with Crippen molar-refractivity contribution >= 4 is 29.0 Å². The lowest BCUT2D eigenvalue weighted by Crippen LogP contribution is -2.15. The maximum Gasteiger partial charge on any atom is 0.277 e. The Morgan fingerprint density at radius 2 is 2.12 bits per heavy atom. The summed E-state index contributed by atoms with van der Waals surface area (Å²) in [4.78, 5) is 22.0. The van der Waals surface area contributed by atoms with Crippen molar-refractivity contribution in [3.63, 3.8) is 0 Å². The zero-order valence-electron chi connectivity index (χ0n) is 13.8. The second kappa shape index (κ2) is 8.26. The van der Waals surface area contributed by atoms with Crippen LogP contribution in [0.4, 0.5) is 15.8 Å². The largest absolute Gasteiger partial charge is 0.416 e. The maximum absolute atomic E-state index is 13.7. The van der Waals surface area contributed by atoms with Gasteiger partial charge in [0.05, 0.1) is 16.4 Å². The van der Waals surface area contributed by atoms with Crippen molar-refractivity contribution < 1.29 is 18.5 Å². The molecule has 0 radical (unpaired) electrons. The average Bonchev–Trinajstić information content (AvgIpc) is 3.11. The highest BCUT2D eigenvalue weighted by molar-refractivity contribution is 7.99. The third kappa shape index (κ3) is 4.57. The van der Waals surface area contributed by atoms with Crippen LogP contribution in [0.15, 0.2) is 27.8 Å². The summed E-state index contributed by atoms with van der Waals surface area (Å²) in [5, 5.41) is 21.3. The van der Waals surface area contributed by atoms with Crippen LogP contribution in [0.1, 0.15) is 43.9 Å². The van der Waals surface area contributed by atoms with Crippen LogP contribution >= 0.6 is 11.8 Å². The predicted octanol–water partition coefficient (Wildman–Crippen LogP) is 3.90.